The molecule has 0 saturated carbocycles. The van der Waals surface area contributed by atoms with Gasteiger partial charge in [0.2, 0.25) is 5.91 Å². The van der Waals surface area contributed by atoms with Crippen molar-refractivity contribution >= 4 is 34.5 Å². The number of benzene rings is 1. The predicted octanol–water partition coefficient (Wildman–Crippen LogP) is 4.49. The lowest BCUT2D eigenvalue weighted by atomic mass is 10.2. The number of hydrogen-bond acceptors (Lipinski definition) is 4. The van der Waals surface area contributed by atoms with Crippen LogP contribution in [0, 0.1) is 0 Å². The molecule has 0 saturated heterocycles. The molecule has 9 heteroatoms. The van der Waals surface area contributed by atoms with Gasteiger partial charge in [-0.3, -0.25) is 4.79 Å². The number of hydrogen-bond donors (Lipinski definition) is 2. The van der Waals surface area contributed by atoms with Crippen molar-refractivity contribution in [3.63, 3.8) is 0 Å². The lowest BCUT2D eigenvalue weighted by molar-refractivity contribution is -0.137. The number of carbonyl (C=O) groups excluding carboxylic acids is 1. The summed E-state index contributed by atoms with van der Waals surface area (Å²) in [5.74, 6) is -0.384. The molecule has 0 spiro atoms. The molecule has 0 bridgehead atoms. The van der Waals surface area contributed by atoms with Crippen LogP contribution >= 0.6 is 11.8 Å². The zero-order valence-electron chi connectivity index (χ0n) is 13.7. The van der Waals surface area contributed by atoms with E-state index in [1.165, 1.54) is 23.9 Å². The van der Waals surface area contributed by atoms with Gasteiger partial charge in [-0.1, -0.05) is 24.8 Å². The highest BCUT2D eigenvalue weighted by molar-refractivity contribution is 8.00. The lowest BCUT2D eigenvalue weighted by Crippen LogP contribution is -2.24. The summed E-state index contributed by atoms with van der Waals surface area (Å²) < 4.78 is 38.4. The highest BCUT2D eigenvalue weighted by Gasteiger charge is 2.30. The van der Waals surface area contributed by atoms with Crippen LogP contribution in [0.25, 0.3) is 11.2 Å². The molecule has 0 unspecified atom stereocenters. The molecule has 2 N–H and O–H groups in total. The number of amides is 1. The summed E-state index contributed by atoms with van der Waals surface area (Å²) in [6.07, 6.45) is -2.35. The molecule has 1 aromatic carbocycles. The van der Waals surface area contributed by atoms with Gasteiger partial charge in [-0.05, 0) is 36.8 Å². The minimum absolute atomic E-state index is 0.107. The van der Waals surface area contributed by atoms with Crippen LogP contribution < -0.4 is 5.32 Å². The maximum Gasteiger partial charge on any atom is 0.416 e. The molecular formula is C17H15F3N4OS. The third-order valence-electron chi connectivity index (χ3n) is 3.61. The van der Waals surface area contributed by atoms with Gasteiger partial charge < -0.3 is 10.3 Å². The SMILES string of the molecule is CC[C@@H](Sc1nc2ncccc2[nH]1)C(=O)Nc1cccc(C(F)(F)F)c1. The van der Waals surface area contributed by atoms with Gasteiger partial charge in [0, 0.05) is 11.9 Å². The third kappa shape index (κ3) is 4.16. The number of thioether (sulfide) groups is 1. The van der Waals surface area contributed by atoms with E-state index in [1.807, 2.05) is 13.0 Å². The maximum atomic E-state index is 12.8. The standard InChI is InChI=1S/C17H15F3N4OS/c1-2-13(26-16-23-12-7-4-8-21-14(12)24-16)15(25)22-11-6-3-5-10(9-11)17(18,19)20/h3-9,13H,2H2,1H3,(H,22,25)(H,21,23,24)/t13-/m1/s1. The smallest absolute Gasteiger partial charge is 0.332 e. The number of rotatable bonds is 5. The van der Waals surface area contributed by atoms with Crippen LogP contribution in [-0.2, 0) is 11.0 Å². The van der Waals surface area contributed by atoms with E-state index >= 15 is 0 Å². The second kappa shape index (κ2) is 7.36. The number of alkyl halides is 3. The van der Waals surface area contributed by atoms with Crippen LogP contribution in [-0.4, -0.2) is 26.1 Å². The highest BCUT2D eigenvalue weighted by Crippen LogP contribution is 2.31. The van der Waals surface area contributed by atoms with Gasteiger partial charge in [-0.15, -0.1) is 0 Å². The van der Waals surface area contributed by atoms with Gasteiger partial charge in [0.05, 0.1) is 16.3 Å². The number of aromatic nitrogens is 3. The van der Waals surface area contributed by atoms with E-state index in [2.05, 4.69) is 20.3 Å². The number of nitrogens with one attached hydrogen (secondary N) is 2. The normalized spacial score (nSPS) is 12.9. The van der Waals surface area contributed by atoms with E-state index < -0.39 is 17.0 Å². The van der Waals surface area contributed by atoms with E-state index in [0.29, 0.717) is 17.2 Å². The van der Waals surface area contributed by atoms with E-state index in [0.717, 1.165) is 17.6 Å². The first-order valence-corrected chi connectivity index (χ1v) is 8.70. The van der Waals surface area contributed by atoms with Crippen LogP contribution in [0.1, 0.15) is 18.9 Å². The second-order valence-electron chi connectivity index (χ2n) is 5.50. The van der Waals surface area contributed by atoms with Crippen molar-refractivity contribution in [1.82, 2.24) is 15.0 Å². The predicted molar refractivity (Wildman–Crippen MR) is 93.9 cm³/mol. The molecule has 0 radical (unpaired) electrons. The van der Waals surface area contributed by atoms with E-state index in [4.69, 9.17) is 0 Å². The molecule has 0 aliphatic rings. The number of aromatic amines is 1. The Morgan fingerprint density at radius 3 is 2.81 bits per heavy atom. The number of carbonyl (C=O) groups is 1. The van der Waals surface area contributed by atoms with Crippen molar-refractivity contribution in [2.75, 3.05) is 5.32 Å². The first-order chi connectivity index (χ1) is 12.4. The quantitative estimate of drug-likeness (QED) is 0.640. The van der Waals surface area contributed by atoms with Crippen molar-refractivity contribution in [3.8, 4) is 0 Å². The molecule has 0 aliphatic carbocycles. The van der Waals surface area contributed by atoms with E-state index in [-0.39, 0.29) is 11.6 Å². The second-order valence-corrected chi connectivity index (χ2v) is 6.69. The largest absolute Gasteiger partial charge is 0.416 e. The van der Waals surface area contributed by atoms with Gasteiger partial charge in [-0.2, -0.15) is 13.2 Å². The molecule has 1 amide bonds. The van der Waals surface area contributed by atoms with Crippen LogP contribution in [0.4, 0.5) is 18.9 Å². The number of anilines is 1. The molecule has 2 heterocycles. The first-order valence-electron chi connectivity index (χ1n) is 7.82. The van der Waals surface area contributed by atoms with Gasteiger partial charge in [0.15, 0.2) is 10.8 Å². The fourth-order valence-corrected chi connectivity index (χ4v) is 3.24. The van der Waals surface area contributed by atoms with Gasteiger partial charge in [0.25, 0.3) is 0 Å². The van der Waals surface area contributed by atoms with Crippen molar-refractivity contribution in [3.05, 3.63) is 48.2 Å². The fraction of sp³-hybridized carbons (Fsp3) is 0.235. The zero-order chi connectivity index (χ0) is 18.7. The van der Waals surface area contributed by atoms with Gasteiger partial charge >= 0.3 is 6.18 Å². The van der Waals surface area contributed by atoms with Crippen molar-refractivity contribution in [2.24, 2.45) is 0 Å². The average Bonchev–Trinajstić information content (AvgIpc) is 3.01. The highest BCUT2D eigenvalue weighted by atomic mass is 32.2. The number of pyridine rings is 1. The Balaban J connectivity index is 1.73. The molecule has 0 aliphatic heterocycles. The van der Waals surface area contributed by atoms with Crippen molar-refractivity contribution < 1.29 is 18.0 Å². The Bertz CT molecular complexity index is 893. The maximum absolute atomic E-state index is 12.8. The Morgan fingerprint density at radius 2 is 2.12 bits per heavy atom. The topological polar surface area (TPSA) is 70.7 Å². The van der Waals surface area contributed by atoms with E-state index in [9.17, 15) is 18.0 Å². The number of H-pyrrole nitrogens is 1. The first kappa shape index (κ1) is 18.2. The lowest BCUT2D eigenvalue weighted by Gasteiger charge is -2.14. The molecule has 2 aromatic heterocycles. The summed E-state index contributed by atoms with van der Waals surface area (Å²) >= 11 is 1.21. The Labute approximate surface area is 151 Å². The van der Waals surface area contributed by atoms with Crippen LogP contribution in [0.2, 0.25) is 0 Å². The summed E-state index contributed by atoms with van der Waals surface area (Å²) in [6, 6.07) is 8.16. The van der Waals surface area contributed by atoms with Gasteiger partial charge in [0.1, 0.15) is 0 Å². The Kier molecular flexibility index (Phi) is 5.17. The third-order valence-corrected chi connectivity index (χ3v) is 4.86. The fourth-order valence-electron chi connectivity index (χ4n) is 2.33. The molecule has 26 heavy (non-hydrogen) atoms. The number of fused-ring (bicyclic) bond motifs is 1. The average molecular weight is 380 g/mol. The van der Waals surface area contributed by atoms with Crippen molar-refractivity contribution in [2.45, 2.75) is 29.9 Å². The molecule has 5 nitrogen and oxygen atoms in total. The van der Waals surface area contributed by atoms with Crippen LogP contribution in [0.15, 0.2) is 47.8 Å². The van der Waals surface area contributed by atoms with Crippen LogP contribution in [0.3, 0.4) is 0 Å². The summed E-state index contributed by atoms with van der Waals surface area (Å²) in [7, 11) is 0. The summed E-state index contributed by atoms with van der Waals surface area (Å²) in [5, 5.41) is 2.57. The molecule has 136 valence electrons. The molecule has 0 fully saturated rings. The molecule has 3 aromatic rings. The monoisotopic (exact) mass is 380 g/mol. The number of halogens is 3. The molecule has 3 rings (SSSR count). The summed E-state index contributed by atoms with van der Waals surface area (Å²) in [4.78, 5) is 23.9. The Hall–Kier alpha value is -2.55. The summed E-state index contributed by atoms with van der Waals surface area (Å²) in [6.45, 7) is 1.82. The van der Waals surface area contributed by atoms with Gasteiger partial charge in [-0.25, -0.2) is 9.97 Å². The molecular weight excluding hydrogens is 365 g/mol. The zero-order valence-corrected chi connectivity index (χ0v) is 14.5. The number of nitrogens with zero attached hydrogens (tertiary/aromatic N) is 2. The molecule has 1 atom stereocenters. The Morgan fingerprint density at radius 1 is 1.31 bits per heavy atom. The van der Waals surface area contributed by atoms with Crippen molar-refractivity contribution in [1.29, 1.82) is 0 Å². The minimum Gasteiger partial charge on any atom is -0.332 e. The summed E-state index contributed by atoms with van der Waals surface area (Å²) in [5.41, 5.74) is 0.598. The number of imidazole rings is 1. The van der Waals surface area contributed by atoms with E-state index in [1.54, 1.807) is 12.3 Å². The van der Waals surface area contributed by atoms with Crippen LogP contribution in [0.5, 0.6) is 0 Å². The minimum atomic E-state index is -4.46.